The molecule has 0 saturated heterocycles. The monoisotopic (exact) mass is 298 g/mol. The molecule has 0 radical (unpaired) electrons. The molecule has 2 N–H and O–H groups in total. The fourth-order valence-electron chi connectivity index (χ4n) is 2.36. The lowest BCUT2D eigenvalue weighted by Crippen LogP contribution is -2.38. The first-order chi connectivity index (χ1) is 9.01. The number of hydrogen-bond donors (Lipinski definition) is 1. The molecule has 0 fully saturated rings. The lowest BCUT2D eigenvalue weighted by molar-refractivity contribution is 0.315. The number of nitrogens with two attached hydrogens (primary N) is 1. The first-order valence-electron chi connectivity index (χ1n) is 6.86. The van der Waals surface area contributed by atoms with Gasteiger partial charge in [0.2, 0.25) is 10.0 Å². The molecular weight excluding hydrogens is 272 g/mol. The van der Waals surface area contributed by atoms with E-state index in [1.807, 2.05) is 40.7 Å². The molecule has 1 aromatic rings. The molecule has 0 spiro atoms. The van der Waals surface area contributed by atoms with Gasteiger partial charge >= 0.3 is 0 Å². The van der Waals surface area contributed by atoms with Gasteiger partial charge in [-0.2, -0.15) is 4.31 Å². The number of nitrogen functional groups attached to an aromatic ring is 1. The third-order valence-electron chi connectivity index (χ3n) is 4.14. The van der Waals surface area contributed by atoms with Gasteiger partial charge in [0, 0.05) is 18.8 Å². The summed E-state index contributed by atoms with van der Waals surface area (Å²) in [4.78, 5) is 0.343. The standard InChI is InChI=1S/C15H26N2O2S/c1-9(2)13(6)17(7)20(18,19)15-11(4)8-10(3)14(16)12(15)5/h8-9,13H,16H2,1-7H3. The van der Waals surface area contributed by atoms with E-state index in [9.17, 15) is 8.42 Å². The van der Waals surface area contributed by atoms with Crippen molar-refractivity contribution in [2.24, 2.45) is 5.92 Å². The second-order valence-electron chi connectivity index (χ2n) is 5.88. The second kappa shape index (κ2) is 5.74. The van der Waals surface area contributed by atoms with Crippen molar-refractivity contribution in [3.63, 3.8) is 0 Å². The Kier molecular flexibility index (Phi) is 4.87. The molecule has 1 atom stereocenters. The first kappa shape index (κ1) is 17.0. The van der Waals surface area contributed by atoms with Crippen molar-refractivity contribution in [1.82, 2.24) is 4.31 Å². The first-order valence-corrected chi connectivity index (χ1v) is 8.30. The minimum absolute atomic E-state index is 0.0682. The molecule has 0 aliphatic carbocycles. The van der Waals surface area contributed by atoms with Gasteiger partial charge in [0.15, 0.2) is 0 Å². The number of hydrogen-bond acceptors (Lipinski definition) is 3. The maximum Gasteiger partial charge on any atom is 0.243 e. The van der Waals surface area contributed by atoms with Gasteiger partial charge in [-0.3, -0.25) is 0 Å². The van der Waals surface area contributed by atoms with Crippen LogP contribution in [-0.4, -0.2) is 25.8 Å². The number of nitrogens with zero attached hydrogens (tertiary/aromatic N) is 1. The van der Waals surface area contributed by atoms with Crippen LogP contribution >= 0.6 is 0 Å². The summed E-state index contributed by atoms with van der Waals surface area (Å²) < 4.78 is 27.2. The van der Waals surface area contributed by atoms with Crippen LogP contribution in [0.25, 0.3) is 0 Å². The van der Waals surface area contributed by atoms with Crippen molar-refractivity contribution < 1.29 is 8.42 Å². The Hall–Kier alpha value is -1.07. The zero-order valence-corrected chi connectivity index (χ0v) is 14.3. The highest BCUT2D eigenvalue weighted by Crippen LogP contribution is 2.31. The molecule has 4 nitrogen and oxygen atoms in total. The van der Waals surface area contributed by atoms with Gasteiger partial charge in [-0.05, 0) is 50.3 Å². The zero-order chi connectivity index (χ0) is 15.8. The third kappa shape index (κ3) is 2.83. The molecule has 0 aliphatic rings. The Morgan fingerprint density at radius 2 is 1.60 bits per heavy atom. The average Bonchev–Trinajstić information content (AvgIpc) is 2.33. The van der Waals surface area contributed by atoms with Gasteiger partial charge in [0.25, 0.3) is 0 Å². The van der Waals surface area contributed by atoms with Gasteiger partial charge in [0.05, 0.1) is 4.90 Å². The zero-order valence-electron chi connectivity index (χ0n) is 13.5. The predicted octanol–water partition coefficient (Wildman–Crippen LogP) is 2.86. The van der Waals surface area contributed by atoms with Crippen LogP contribution in [-0.2, 0) is 10.0 Å². The summed E-state index contributed by atoms with van der Waals surface area (Å²) in [5.41, 5.74) is 8.86. The summed E-state index contributed by atoms with van der Waals surface area (Å²) in [6.45, 7) is 11.4. The van der Waals surface area contributed by atoms with Crippen LogP contribution in [0, 0.1) is 26.7 Å². The number of anilines is 1. The highest BCUT2D eigenvalue weighted by atomic mass is 32.2. The summed E-state index contributed by atoms with van der Waals surface area (Å²) in [5, 5.41) is 0. The molecule has 5 heteroatoms. The van der Waals surface area contributed by atoms with E-state index in [1.165, 1.54) is 4.31 Å². The molecule has 1 aromatic carbocycles. The third-order valence-corrected chi connectivity index (χ3v) is 6.37. The quantitative estimate of drug-likeness (QED) is 0.869. The Balaban J connectivity index is 3.48. The average molecular weight is 298 g/mol. The van der Waals surface area contributed by atoms with Crippen molar-refractivity contribution in [2.45, 2.75) is 52.5 Å². The van der Waals surface area contributed by atoms with Crippen molar-refractivity contribution in [1.29, 1.82) is 0 Å². The topological polar surface area (TPSA) is 63.4 Å². The maximum atomic E-state index is 12.9. The molecular formula is C15H26N2O2S. The Morgan fingerprint density at radius 1 is 1.10 bits per heavy atom. The van der Waals surface area contributed by atoms with E-state index in [1.54, 1.807) is 14.0 Å². The number of rotatable bonds is 4. The number of benzene rings is 1. The van der Waals surface area contributed by atoms with Crippen LogP contribution in [0.5, 0.6) is 0 Å². The lowest BCUT2D eigenvalue weighted by atomic mass is 10.1. The summed E-state index contributed by atoms with van der Waals surface area (Å²) in [6, 6.07) is 1.77. The van der Waals surface area contributed by atoms with Gasteiger partial charge in [-0.1, -0.05) is 19.9 Å². The van der Waals surface area contributed by atoms with Crippen molar-refractivity contribution in [2.75, 3.05) is 12.8 Å². The molecule has 1 unspecified atom stereocenters. The normalized spacial score (nSPS) is 14.1. The van der Waals surface area contributed by atoms with Crippen LogP contribution in [0.15, 0.2) is 11.0 Å². The second-order valence-corrected chi connectivity index (χ2v) is 7.82. The van der Waals surface area contributed by atoms with E-state index in [0.29, 0.717) is 16.1 Å². The van der Waals surface area contributed by atoms with Crippen LogP contribution in [0.3, 0.4) is 0 Å². The van der Waals surface area contributed by atoms with Crippen molar-refractivity contribution in [3.05, 3.63) is 22.8 Å². The van der Waals surface area contributed by atoms with Gasteiger partial charge in [0.1, 0.15) is 0 Å². The fraction of sp³-hybridized carbons (Fsp3) is 0.600. The van der Waals surface area contributed by atoms with Gasteiger partial charge < -0.3 is 5.73 Å². The summed E-state index contributed by atoms with van der Waals surface area (Å²) >= 11 is 0. The van der Waals surface area contributed by atoms with Crippen LogP contribution in [0.2, 0.25) is 0 Å². The van der Waals surface area contributed by atoms with Crippen LogP contribution in [0.1, 0.15) is 37.5 Å². The number of aryl methyl sites for hydroxylation is 2. The summed E-state index contributed by atoms with van der Waals surface area (Å²) in [5.74, 6) is 0.248. The molecule has 0 saturated carbocycles. The molecule has 20 heavy (non-hydrogen) atoms. The minimum atomic E-state index is -3.53. The molecule has 1 rings (SSSR count). The smallest absolute Gasteiger partial charge is 0.243 e. The molecule has 0 aliphatic heterocycles. The highest BCUT2D eigenvalue weighted by Gasteiger charge is 2.30. The molecule has 0 aromatic heterocycles. The summed E-state index contributed by atoms with van der Waals surface area (Å²) in [7, 11) is -1.90. The fourth-order valence-corrected chi connectivity index (χ4v) is 4.29. The van der Waals surface area contributed by atoms with Gasteiger partial charge in [-0.15, -0.1) is 0 Å². The minimum Gasteiger partial charge on any atom is -0.398 e. The summed E-state index contributed by atoms with van der Waals surface area (Å²) in [6.07, 6.45) is 0. The molecule has 0 heterocycles. The lowest BCUT2D eigenvalue weighted by Gasteiger charge is -2.29. The Morgan fingerprint density at radius 3 is 2.05 bits per heavy atom. The Labute approximate surface area is 123 Å². The van der Waals surface area contributed by atoms with E-state index in [4.69, 9.17) is 5.73 Å². The van der Waals surface area contributed by atoms with Gasteiger partial charge in [-0.25, -0.2) is 8.42 Å². The highest BCUT2D eigenvalue weighted by molar-refractivity contribution is 7.89. The van der Waals surface area contributed by atoms with E-state index in [-0.39, 0.29) is 12.0 Å². The molecule has 0 bridgehead atoms. The molecule has 0 amide bonds. The van der Waals surface area contributed by atoms with E-state index >= 15 is 0 Å². The predicted molar refractivity (Wildman–Crippen MR) is 84.3 cm³/mol. The van der Waals surface area contributed by atoms with E-state index in [2.05, 4.69) is 0 Å². The Bertz CT molecular complexity index is 607. The van der Waals surface area contributed by atoms with Crippen LogP contribution < -0.4 is 5.73 Å². The SMILES string of the molecule is Cc1cc(C)c(S(=O)(=O)N(C)C(C)C(C)C)c(C)c1N. The molecule has 114 valence electrons. The number of sulfonamides is 1. The van der Waals surface area contributed by atoms with Crippen molar-refractivity contribution >= 4 is 15.7 Å². The maximum absolute atomic E-state index is 12.9. The van der Waals surface area contributed by atoms with Crippen molar-refractivity contribution in [3.8, 4) is 0 Å². The largest absolute Gasteiger partial charge is 0.398 e. The van der Waals surface area contributed by atoms with Crippen LogP contribution in [0.4, 0.5) is 5.69 Å². The van der Waals surface area contributed by atoms with E-state index < -0.39 is 10.0 Å². The van der Waals surface area contributed by atoms with E-state index in [0.717, 1.165) is 11.1 Å².